The average Bonchev–Trinajstić information content (AvgIpc) is 3.44. The third-order valence-electron chi connectivity index (χ3n) is 4.63. The molecule has 0 saturated carbocycles. The molecule has 1 aromatic carbocycles. The van der Waals surface area contributed by atoms with E-state index < -0.39 is 17.6 Å². The molecule has 2 aromatic heterocycles. The van der Waals surface area contributed by atoms with Crippen LogP contribution in [0.1, 0.15) is 23.2 Å². The molecule has 0 spiro atoms. The third-order valence-corrected chi connectivity index (χ3v) is 5.49. The van der Waals surface area contributed by atoms with Crippen molar-refractivity contribution in [3.8, 4) is 10.8 Å². The average molecular weight is 413 g/mol. The summed E-state index contributed by atoms with van der Waals surface area (Å²) in [4.78, 5) is 39.0. The first-order valence-electron chi connectivity index (χ1n) is 9.12. The van der Waals surface area contributed by atoms with Crippen molar-refractivity contribution >= 4 is 34.5 Å². The summed E-state index contributed by atoms with van der Waals surface area (Å²) in [5.41, 5.74) is 6.96. The van der Waals surface area contributed by atoms with Crippen molar-refractivity contribution in [1.82, 2.24) is 9.78 Å². The van der Waals surface area contributed by atoms with Gasteiger partial charge in [-0.3, -0.25) is 9.59 Å². The van der Waals surface area contributed by atoms with E-state index >= 15 is 0 Å². The Morgan fingerprint density at radius 3 is 2.72 bits per heavy atom. The van der Waals surface area contributed by atoms with Gasteiger partial charge in [0.1, 0.15) is 6.54 Å². The molecular weight excluding hydrogens is 394 g/mol. The summed E-state index contributed by atoms with van der Waals surface area (Å²) in [7, 11) is 0. The molecule has 1 saturated heterocycles. The monoisotopic (exact) mass is 413 g/mol. The normalized spacial score (nSPS) is 13.6. The lowest BCUT2D eigenvalue weighted by atomic mass is 10.1. The van der Waals surface area contributed by atoms with E-state index in [4.69, 9.17) is 10.2 Å². The molecule has 9 nitrogen and oxygen atoms in total. The van der Waals surface area contributed by atoms with Gasteiger partial charge >= 0.3 is 5.76 Å². The predicted molar refractivity (Wildman–Crippen MR) is 109 cm³/mol. The maximum atomic E-state index is 12.6. The second-order valence-electron chi connectivity index (χ2n) is 6.65. The van der Waals surface area contributed by atoms with Gasteiger partial charge in [-0.25, -0.2) is 4.79 Å². The molecule has 0 atom stereocenters. The van der Waals surface area contributed by atoms with Gasteiger partial charge in [-0.1, -0.05) is 6.07 Å². The highest BCUT2D eigenvalue weighted by molar-refractivity contribution is 7.13. The van der Waals surface area contributed by atoms with Gasteiger partial charge in [-0.2, -0.15) is 4.68 Å². The quantitative estimate of drug-likeness (QED) is 0.636. The van der Waals surface area contributed by atoms with Crippen LogP contribution in [0.15, 0.2) is 44.9 Å². The summed E-state index contributed by atoms with van der Waals surface area (Å²) in [6.45, 7) is 1.42. The van der Waals surface area contributed by atoms with Crippen LogP contribution in [0.5, 0.6) is 0 Å². The molecule has 1 aliphatic rings. The lowest BCUT2D eigenvalue weighted by Gasteiger charge is -2.22. The van der Waals surface area contributed by atoms with Crippen LogP contribution in [0.3, 0.4) is 0 Å². The van der Waals surface area contributed by atoms with E-state index in [1.165, 1.54) is 11.3 Å². The zero-order valence-electron chi connectivity index (χ0n) is 15.5. The zero-order valence-corrected chi connectivity index (χ0v) is 16.3. The maximum Gasteiger partial charge on any atom is 0.437 e. The van der Waals surface area contributed by atoms with E-state index in [-0.39, 0.29) is 12.4 Å². The van der Waals surface area contributed by atoms with Crippen molar-refractivity contribution in [2.24, 2.45) is 5.73 Å². The minimum Gasteiger partial charge on any atom is -0.387 e. The predicted octanol–water partition coefficient (Wildman–Crippen LogP) is 1.90. The highest BCUT2D eigenvalue weighted by Crippen LogP contribution is 2.30. The first-order valence-corrected chi connectivity index (χ1v) is 10.00. The van der Waals surface area contributed by atoms with Crippen molar-refractivity contribution < 1.29 is 14.0 Å². The van der Waals surface area contributed by atoms with Crippen LogP contribution in [-0.4, -0.2) is 34.7 Å². The number of aromatic nitrogens is 2. The lowest BCUT2D eigenvalue weighted by Crippen LogP contribution is -2.27. The summed E-state index contributed by atoms with van der Waals surface area (Å²) in [5.74, 6) is -1.58. The number of hydrogen-bond donors (Lipinski definition) is 2. The van der Waals surface area contributed by atoms with Crippen LogP contribution in [0.25, 0.3) is 10.8 Å². The van der Waals surface area contributed by atoms with Gasteiger partial charge in [0, 0.05) is 18.7 Å². The van der Waals surface area contributed by atoms with E-state index in [2.05, 4.69) is 15.3 Å². The molecule has 4 rings (SSSR count). The number of carbonyl (C=O) groups is 2. The molecule has 1 aliphatic heterocycles. The molecule has 10 heteroatoms. The Labute approximate surface area is 169 Å². The van der Waals surface area contributed by atoms with Crippen molar-refractivity contribution in [1.29, 1.82) is 0 Å². The number of thiophene rings is 1. The fourth-order valence-electron chi connectivity index (χ4n) is 3.25. The Hall–Kier alpha value is -3.40. The number of carbonyl (C=O) groups excluding carboxylic acids is 2. The SMILES string of the molecule is NC(=O)c1ccc(N2CCCC2)c(NC(=O)Cn2nc(-c3cccs3)oc2=O)c1. The first-order chi connectivity index (χ1) is 14.0. The molecule has 0 unspecified atom stereocenters. The smallest absolute Gasteiger partial charge is 0.387 e. The standard InChI is InChI=1S/C19H19N5O4S/c20-17(26)12-5-6-14(23-7-1-2-8-23)13(10-12)21-16(25)11-24-19(27)28-18(22-24)15-4-3-9-29-15/h3-6,9-10H,1-2,7-8,11H2,(H2,20,26)(H,21,25). The molecule has 3 aromatic rings. The molecule has 29 heavy (non-hydrogen) atoms. The summed E-state index contributed by atoms with van der Waals surface area (Å²) >= 11 is 1.38. The van der Waals surface area contributed by atoms with Crippen molar-refractivity contribution in [2.75, 3.05) is 23.3 Å². The van der Waals surface area contributed by atoms with Crippen molar-refractivity contribution in [3.05, 3.63) is 51.8 Å². The number of rotatable bonds is 6. The Balaban J connectivity index is 1.55. The topological polar surface area (TPSA) is 123 Å². The second-order valence-corrected chi connectivity index (χ2v) is 7.59. The van der Waals surface area contributed by atoms with Crippen molar-refractivity contribution in [2.45, 2.75) is 19.4 Å². The molecule has 2 amide bonds. The first kappa shape index (κ1) is 18.9. The Morgan fingerprint density at radius 1 is 1.24 bits per heavy atom. The molecular formula is C19H19N5O4S. The summed E-state index contributed by atoms with van der Waals surface area (Å²) in [5, 5.41) is 8.70. The van der Waals surface area contributed by atoms with E-state index in [1.54, 1.807) is 24.3 Å². The van der Waals surface area contributed by atoms with Crippen molar-refractivity contribution in [3.63, 3.8) is 0 Å². The van der Waals surface area contributed by atoms with Crippen LogP contribution in [0.2, 0.25) is 0 Å². The molecule has 3 heterocycles. The number of amides is 2. The van der Waals surface area contributed by atoms with Crippen LogP contribution in [0, 0.1) is 0 Å². The number of nitrogens with one attached hydrogen (secondary N) is 1. The van der Waals surface area contributed by atoms with Gasteiger partial charge in [0.05, 0.1) is 16.3 Å². The van der Waals surface area contributed by atoms with Crippen LogP contribution < -0.4 is 21.7 Å². The number of benzene rings is 1. The third kappa shape index (κ3) is 4.06. The fraction of sp³-hybridized carbons (Fsp3) is 0.263. The zero-order chi connectivity index (χ0) is 20.4. The Kier molecular flexibility index (Phi) is 5.17. The van der Waals surface area contributed by atoms with E-state index in [9.17, 15) is 14.4 Å². The number of anilines is 2. The summed E-state index contributed by atoms with van der Waals surface area (Å²) < 4.78 is 6.09. The minimum atomic E-state index is -0.714. The van der Waals surface area contributed by atoms with Gasteiger partial charge in [0.2, 0.25) is 11.8 Å². The largest absolute Gasteiger partial charge is 0.437 e. The Bertz CT molecular complexity index is 1100. The second kappa shape index (κ2) is 7.92. The van der Waals surface area contributed by atoms with Crippen LogP contribution in [-0.2, 0) is 11.3 Å². The number of nitrogens with two attached hydrogens (primary N) is 1. The van der Waals surface area contributed by atoms with Gasteiger partial charge in [0.15, 0.2) is 0 Å². The molecule has 3 N–H and O–H groups in total. The number of nitrogens with zero attached hydrogens (tertiary/aromatic N) is 3. The number of primary amides is 1. The van der Waals surface area contributed by atoms with E-state index in [0.717, 1.165) is 36.3 Å². The highest BCUT2D eigenvalue weighted by atomic mass is 32.1. The summed E-state index contributed by atoms with van der Waals surface area (Å²) in [6, 6.07) is 8.56. The van der Waals surface area contributed by atoms with Crippen LogP contribution in [0.4, 0.5) is 11.4 Å². The molecule has 0 bridgehead atoms. The van der Waals surface area contributed by atoms with Gasteiger partial charge < -0.3 is 20.4 Å². The molecule has 150 valence electrons. The molecule has 1 fully saturated rings. The minimum absolute atomic E-state index is 0.172. The van der Waals surface area contributed by atoms with Gasteiger partial charge in [-0.05, 0) is 42.5 Å². The number of hydrogen-bond acceptors (Lipinski definition) is 7. The molecule has 0 aliphatic carbocycles. The Morgan fingerprint density at radius 2 is 2.03 bits per heavy atom. The van der Waals surface area contributed by atoms with E-state index in [0.29, 0.717) is 16.1 Å². The summed E-state index contributed by atoms with van der Waals surface area (Å²) in [6.07, 6.45) is 2.12. The van der Waals surface area contributed by atoms with E-state index in [1.807, 2.05) is 11.4 Å². The maximum absolute atomic E-state index is 12.6. The molecule has 0 radical (unpaired) electrons. The van der Waals surface area contributed by atoms with Gasteiger partial charge in [-0.15, -0.1) is 16.4 Å². The van der Waals surface area contributed by atoms with Crippen LogP contribution >= 0.6 is 11.3 Å². The van der Waals surface area contributed by atoms with Gasteiger partial charge in [0.25, 0.3) is 5.89 Å². The lowest BCUT2D eigenvalue weighted by molar-refractivity contribution is -0.117. The highest BCUT2D eigenvalue weighted by Gasteiger charge is 2.20. The fourth-order valence-corrected chi connectivity index (χ4v) is 3.90.